The number of fused-ring (bicyclic) bond motifs is 3. The highest BCUT2D eigenvalue weighted by atomic mass is 15.1. The van der Waals surface area contributed by atoms with Crippen LogP contribution in [0.15, 0.2) is 90.6 Å². The first-order chi connectivity index (χ1) is 14.1. The smallest absolute Gasteiger partial charge is 0.0405 e. The van der Waals surface area contributed by atoms with Crippen molar-refractivity contribution in [3.8, 4) is 11.1 Å². The molecule has 0 bridgehead atoms. The molecule has 1 heteroatoms. The summed E-state index contributed by atoms with van der Waals surface area (Å²) < 4.78 is 0. The van der Waals surface area contributed by atoms with E-state index in [1.165, 1.54) is 34.5 Å². The molecular formula is C28H29N. The Balaban J connectivity index is 1.44. The molecule has 5 rings (SSSR count). The number of rotatable bonds is 3. The van der Waals surface area contributed by atoms with Gasteiger partial charge in [0.25, 0.3) is 0 Å². The SMILES string of the molecule is CN(C1=CC2c3ccccc3C(C)(C)C2CC1)c1ccc(-c2ccccc2)cc1. The molecule has 2 unspecified atom stereocenters. The van der Waals surface area contributed by atoms with Crippen LogP contribution in [-0.2, 0) is 5.41 Å². The second kappa shape index (κ2) is 6.91. The Hall–Kier alpha value is -2.80. The molecule has 0 aliphatic heterocycles. The molecule has 2 aliphatic carbocycles. The van der Waals surface area contributed by atoms with Gasteiger partial charge in [0, 0.05) is 24.4 Å². The summed E-state index contributed by atoms with van der Waals surface area (Å²) in [5.41, 5.74) is 8.60. The topological polar surface area (TPSA) is 3.24 Å². The highest BCUT2D eigenvalue weighted by Crippen LogP contribution is 2.55. The molecule has 3 aromatic carbocycles. The number of hydrogen-bond acceptors (Lipinski definition) is 1. The summed E-state index contributed by atoms with van der Waals surface area (Å²) in [4.78, 5) is 2.39. The van der Waals surface area contributed by atoms with Crippen LogP contribution in [0.25, 0.3) is 11.1 Å². The van der Waals surface area contributed by atoms with Gasteiger partial charge in [-0.05, 0) is 58.6 Å². The molecule has 0 amide bonds. The Morgan fingerprint density at radius 2 is 1.45 bits per heavy atom. The van der Waals surface area contributed by atoms with Crippen LogP contribution < -0.4 is 4.90 Å². The van der Waals surface area contributed by atoms with Gasteiger partial charge in [0.05, 0.1) is 0 Å². The lowest BCUT2D eigenvalue weighted by Gasteiger charge is -2.36. The summed E-state index contributed by atoms with van der Waals surface area (Å²) in [6.07, 6.45) is 4.95. The first kappa shape index (κ1) is 18.2. The Bertz CT molecular complexity index is 1040. The maximum absolute atomic E-state index is 2.55. The second-order valence-electron chi connectivity index (χ2n) is 9.11. The molecule has 0 heterocycles. The summed E-state index contributed by atoms with van der Waals surface area (Å²) in [5.74, 6) is 1.24. The normalized spacial score (nSPS) is 21.8. The monoisotopic (exact) mass is 379 g/mol. The summed E-state index contributed by atoms with van der Waals surface area (Å²) in [6.45, 7) is 4.86. The fourth-order valence-electron chi connectivity index (χ4n) is 5.53. The zero-order valence-electron chi connectivity index (χ0n) is 17.6. The molecule has 0 saturated carbocycles. The zero-order chi connectivity index (χ0) is 20.0. The lowest BCUT2D eigenvalue weighted by Crippen LogP contribution is -2.30. The minimum atomic E-state index is 0.263. The van der Waals surface area contributed by atoms with Gasteiger partial charge < -0.3 is 4.90 Å². The van der Waals surface area contributed by atoms with Crippen molar-refractivity contribution in [2.75, 3.05) is 11.9 Å². The molecular weight excluding hydrogens is 350 g/mol. The standard InChI is InChI=1S/C28H29N/c1-28(2)26-12-8-7-11-24(26)25-19-23(17-18-27(25)28)29(3)22-15-13-21(14-16-22)20-9-5-4-6-10-20/h4-16,19,25,27H,17-18H2,1-3H3. The van der Waals surface area contributed by atoms with E-state index in [0.29, 0.717) is 11.8 Å². The molecule has 0 radical (unpaired) electrons. The molecule has 29 heavy (non-hydrogen) atoms. The predicted molar refractivity (Wildman–Crippen MR) is 123 cm³/mol. The van der Waals surface area contributed by atoms with Gasteiger partial charge >= 0.3 is 0 Å². The summed E-state index contributed by atoms with van der Waals surface area (Å²) in [7, 11) is 2.22. The van der Waals surface area contributed by atoms with E-state index < -0.39 is 0 Å². The third kappa shape index (κ3) is 3.00. The number of hydrogen-bond donors (Lipinski definition) is 0. The second-order valence-corrected chi connectivity index (χ2v) is 9.11. The maximum atomic E-state index is 2.55. The number of nitrogens with zero attached hydrogens (tertiary/aromatic N) is 1. The third-order valence-corrected chi connectivity index (χ3v) is 7.25. The molecule has 0 spiro atoms. The molecule has 0 aromatic heterocycles. The Kier molecular flexibility index (Phi) is 4.35. The van der Waals surface area contributed by atoms with Crippen molar-refractivity contribution in [2.45, 2.75) is 38.0 Å². The van der Waals surface area contributed by atoms with Gasteiger partial charge in [0.2, 0.25) is 0 Å². The highest BCUT2D eigenvalue weighted by Gasteiger charge is 2.46. The molecule has 0 N–H and O–H groups in total. The van der Waals surface area contributed by atoms with Crippen molar-refractivity contribution in [3.63, 3.8) is 0 Å². The van der Waals surface area contributed by atoms with Gasteiger partial charge in [-0.3, -0.25) is 0 Å². The van der Waals surface area contributed by atoms with Gasteiger partial charge in [-0.15, -0.1) is 0 Å². The van der Waals surface area contributed by atoms with Crippen molar-refractivity contribution in [2.24, 2.45) is 5.92 Å². The molecule has 2 atom stereocenters. The summed E-state index contributed by atoms with van der Waals surface area (Å²) >= 11 is 0. The van der Waals surface area contributed by atoms with E-state index in [-0.39, 0.29) is 5.41 Å². The number of anilines is 1. The third-order valence-electron chi connectivity index (χ3n) is 7.25. The van der Waals surface area contributed by atoms with E-state index >= 15 is 0 Å². The van der Waals surface area contributed by atoms with Crippen LogP contribution in [0, 0.1) is 5.92 Å². The lowest BCUT2D eigenvalue weighted by molar-refractivity contribution is 0.296. The molecule has 146 valence electrons. The number of benzene rings is 3. The Morgan fingerprint density at radius 3 is 2.21 bits per heavy atom. The summed E-state index contributed by atoms with van der Waals surface area (Å²) in [5, 5.41) is 0. The van der Waals surface area contributed by atoms with Crippen molar-refractivity contribution < 1.29 is 0 Å². The van der Waals surface area contributed by atoms with Crippen LogP contribution in [-0.4, -0.2) is 7.05 Å². The van der Waals surface area contributed by atoms with Crippen molar-refractivity contribution in [1.82, 2.24) is 0 Å². The van der Waals surface area contributed by atoms with E-state index in [1.807, 2.05) is 0 Å². The van der Waals surface area contributed by atoms with E-state index in [9.17, 15) is 0 Å². The fourth-order valence-corrected chi connectivity index (χ4v) is 5.53. The van der Waals surface area contributed by atoms with Crippen molar-refractivity contribution in [1.29, 1.82) is 0 Å². The van der Waals surface area contributed by atoms with Gasteiger partial charge in [-0.2, -0.15) is 0 Å². The quantitative estimate of drug-likeness (QED) is 0.467. The molecule has 1 nitrogen and oxygen atoms in total. The van der Waals surface area contributed by atoms with Crippen LogP contribution in [0.4, 0.5) is 5.69 Å². The van der Waals surface area contributed by atoms with E-state index in [2.05, 4.69) is 111 Å². The highest BCUT2D eigenvalue weighted by molar-refractivity contribution is 5.67. The molecule has 0 fully saturated rings. The average Bonchev–Trinajstić information content (AvgIpc) is 3.01. The maximum Gasteiger partial charge on any atom is 0.0405 e. The molecule has 2 aliphatic rings. The average molecular weight is 380 g/mol. The first-order valence-corrected chi connectivity index (χ1v) is 10.7. The summed E-state index contributed by atoms with van der Waals surface area (Å²) in [6, 6.07) is 28.7. The van der Waals surface area contributed by atoms with Gasteiger partial charge in [-0.25, -0.2) is 0 Å². The Labute approximate surface area is 174 Å². The van der Waals surface area contributed by atoms with Gasteiger partial charge in [-0.1, -0.05) is 86.7 Å². The fraction of sp³-hybridized carbons (Fsp3) is 0.286. The van der Waals surface area contributed by atoms with Gasteiger partial charge in [0.1, 0.15) is 0 Å². The van der Waals surface area contributed by atoms with Crippen LogP contribution in [0.5, 0.6) is 0 Å². The van der Waals surface area contributed by atoms with Gasteiger partial charge in [0.15, 0.2) is 0 Å². The van der Waals surface area contributed by atoms with Crippen LogP contribution in [0.3, 0.4) is 0 Å². The number of allylic oxidation sites excluding steroid dienone is 2. The predicted octanol–water partition coefficient (Wildman–Crippen LogP) is 7.16. The minimum Gasteiger partial charge on any atom is -0.348 e. The largest absolute Gasteiger partial charge is 0.348 e. The van der Waals surface area contributed by atoms with Crippen LogP contribution in [0.1, 0.15) is 43.7 Å². The van der Waals surface area contributed by atoms with Crippen molar-refractivity contribution in [3.05, 3.63) is 102 Å². The first-order valence-electron chi connectivity index (χ1n) is 10.7. The molecule has 3 aromatic rings. The van der Waals surface area contributed by atoms with E-state index in [4.69, 9.17) is 0 Å². The molecule has 0 saturated heterocycles. The Morgan fingerprint density at radius 1 is 0.793 bits per heavy atom. The van der Waals surface area contributed by atoms with Crippen LogP contribution >= 0.6 is 0 Å². The van der Waals surface area contributed by atoms with Crippen molar-refractivity contribution >= 4 is 5.69 Å². The van der Waals surface area contributed by atoms with Crippen LogP contribution in [0.2, 0.25) is 0 Å². The minimum absolute atomic E-state index is 0.263. The van der Waals surface area contributed by atoms with E-state index in [1.54, 1.807) is 5.56 Å². The van der Waals surface area contributed by atoms with E-state index in [0.717, 1.165) is 6.42 Å². The lowest BCUT2D eigenvalue weighted by atomic mass is 9.71. The zero-order valence-corrected chi connectivity index (χ0v) is 17.6.